The fourth-order valence-corrected chi connectivity index (χ4v) is 4.20. The number of aromatic amines is 1. The third-order valence-corrected chi connectivity index (χ3v) is 5.85. The minimum Gasteiger partial charge on any atom is -0.309 e. The Morgan fingerprint density at radius 2 is 1.86 bits per heavy atom. The van der Waals surface area contributed by atoms with Gasteiger partial charge in [0, 0.05) is 25.7 Å². The standard InChI is InChI=1S/C14H28N4O2S/c1-7-12(8-2)18(6)21(19,20)14-11(5)16-17-13(14)9-15-10(3)4/h10,12,15H,7-9H2,1-6H3,(H,16,17). The van der Waals surface area contributed by atoms with Crippen LogP contribution in [0.4, 0.5) is 0 Å². The van der Waals surface area contributed by atoms with E-state index in [0.29, 0.717) is 22.8 Å². The Kier molecular flexibility index (Phi) is 6.37. The van der Waals surface area contributed by atoms with Gasteiger partial charge in [-0.25, -0.2) is 8.42 Å². The van der Waals surface area contributed by atoms with E-state index in [1.165, 1.54) is 4.31 Å². The van der Waals surface area contributed by atoms with Crippen molar-refractivity contribution in [2.24, 2.45) is 0 Å². The molecule has 0 saturated carbocycles. The van der Waals surface area contributed by atoms with E-state index in [2.05, 4.69) is 15.5 Å². The Hall–Kier alpha value is -0.920. The van der Waals surface area contributed by atoms with E-state index in [-0.39, 0.29) is 12.1 Å². The summed E-state index contributed by atoms with van der Waals surface area (Å²) in [6.07, 6.45) is 1.59. The second kappa shape index (κ2) is 7.38. The van der Waals surface area contributed by atoms with Crippen LogP contribution in [0.5, 0.6) is 0 Å². The number of H-pyrrole nitrogens is 1. The van der Waals surface area contributed by atoms with Crippen molar-refractivity contribution in [1.29, 1.82) is 0 Å². The van der Waals surface area contributed by atoms with Crippen molar-refractivity contribution in [2.75, 3.05) is 7.05 Å². The van der Waals surface area contributed by atoms with E-state index < -0.39 is 10.0 Å². The maximum absolute atomic E-state index is 12.9. The molecule has 2 N–H and O–H groups in total. The molecule has 0 aliphatic rings. The molecule has 0 bridgehead atoms. The van der Waals surface area contributed by atoms with E-state index in [0.717, 1.165) is 12.8 Å². The Balaban J connectivity index is 3.16. The molecule has 0 aliphatic heterocycles. The molecule has 0 spiro atoms. The Labute approximate surface area is 128 Å². The first-order chi connectivity index (χ1) is 9.75. The highest BCUT2D eigenvalue weighted by Crippen LogP contribution is 2.24. The van der Waals surface area contributed by atoms with Gasteiger partial charge in [-0.2, -0.15) is 9.40 Å². The lowest BCUT2D eigenvalue weighted by Crippen LogP contribution is -2.37. The zero-order chi connectivity index (χ0) is 16.2. The van der Waals surface area contributed by atoms with Crippen LogP contribution < -0.4 is 5.32 Å². The van der Waals surface area contributed by atoms with Crippen LogP contribution in [0.3, 0.4) is 0 Å². The fraction of sp³-hybridized carbons (Fsp3) is 0.786. The number of hydrogen-bond acceptors (Lipinski definition) is 4. The molecule has 0 atom stereocenters. The summed E-state index contributed by atoms with van der Waals surface area (Å²) in [6.45, 7) is 10.2. The average Bonchev–Trinajstić information content (AvgIpc) is 2.79. The van der Waals surface area contributed by atoms with Gasteiger partial charge in [0.25, 0.3) is 0 Å². The predicted molar refractivity (Wildman–Crippen MR) is 84.6 cm³/mol. The monoisotopic (exact) mass is 316 g/mol. The van der Waals surface area contributed by atoms with Gasteiger partial charge in [-0.3, -0.25) is 5.10 Å². The third kappa shape index (κ3) is 4.05. The summed E-state index contributed by atoms with van der Waals surface area (Å²) in [7, 11) is -1.88. The van der Waals surface area contributed by atoms with Gasteiger partial charge in [0.2, 0.25) is 10.0 Å². The van der Waals surface area contributed by atoms with Crippen molar-refractivity contribution in [2.45, 2.75) is 71.0 Å². The molecule has 1 aromatic heterocycles. The zero-order valence-corrected chi connectivity index (χ0v) is 14.7. The highest BCUT2D eigenvalue weighted by Gasteiger charge is 2.31. The molecule has 0 aromatic carbocycles. The second-order valence-electron chi connectivity index (χ2n) is 5.65. The fourth-order valence-electron chi connectivity index (χ4n) is 2.38. The van der Waals surface area contributed by atoms with Gasteiger partial charge in [0.05, 0.1) is 11.4 Å². The summed E-state index contributed by atoms with van der Waals surface area (Å²) in [4.78, 5) is 0.310. The van der Waals surface area contributed by atoms with E-state index in [1.807, 2.05) is 27.7 Å². The molecule has 0 aliphatic carbocycles. The van der Waals surface area contributed by atoms with Gasteiger partial charge in [0.15, 0.2) is 0 Å². The number of rotatable bonds is 8. The summed E-state index contributed by atoms with van der Waals surface area (Å²) in [6, 6.07) is 0.282. The molecule has 0 amide bonds. The molecule has 1 rings (SSSR count). The summed E-state index contributed by atoms with van der Waals surface area (Å²) in [5, 5.41) is 10.2. The Morgan fingerprint density at radius 1 is 1.29 bits per heavy atom. The Morgan fingerprint density at radius 3 is 2.33 bits per heavy atom. The van der Waals surface area contributed by atoms with E-state index >= 15 is 0 Å². The smallest absolute Gasteiger partial charge is 0.246 e. The molecular weight excluding hydrogens is 288 g/mol. The molecule has 1 aromatic rings. The van der Waals surface area contributed by atoms with Crippen LogP contribution in [-0.4, -0.2) is 42.1 Å². The van der Waals surface area contributed by atoms with Crippen molar-refractivity contribution >= 4 is 10.0 Å². The molecule has 1 heterocycles. The van der Waals surface area contributed by atoms with Crippen molar-refractivity contribution < 1.29 is 8.42 Å². The van der Waals surface area contributed by atoms with Crippen LogP contribution >= 0.6 is 0 Å². The first kappa shape index (κ1) is 18.1. The highest BCUT2D eigenvalue weighted by molar-refractivity contribution is 7.89. The average molecular weight is 316 g/mol. The number of nitrogens with zero attached hydrogens (tertiary/aromatic N) is 2. The molecule has 122 valence electrons. The summed E-state index contributed by atoms with van der Waals surface area (Å²) in [5.41, 5.74) is 1.15. The van der Waals surface area contributed by atoms with Crippen molar-refractivity contribution in [3.63, 3.8) is 0 Å². The Bertz CT molecular complexity index is 547. The summed E-state index contributed by atoms with van der Waals surface area (Å²) < 4.78 is 27.2. The van der Waals surface area contributed by atoms with Crippen molar-refractivity contribution in [3.8, 4) is 0 Å². The van der Waals surface area contributed by atoms with Crippen LogP contribution in [0.15, 0.2) is 4.90 Å². The number of sulfonamides is 1. The lowest BCUT2D eigenvalue weighted by Gasteiger charge is -2.25. The number of aryl methyl sites for hydroxylation is 1. The van der Waals surface area contributed by atoms with Crippen LogP contribution in [0.1, 0.15) is 51.9 Å². The van der Waals surface area contributed by atoms with Crippen molar-refractivity contribution in [3.05, 3.63) is 11.4 Å². The third-order valence-electron chi connectivity index (χ3n) is 3.73. The van der Waals surface area contributed by atoms with Gasteiger partial charge in [-0.05, 0) is 19.8 Å². The maximum atomic E-state index is 12.9. The number of nitrogens with one attached hydrogen (secondary N) is 2. The van der Waals surface area contributed by atoms with Gasteiger partial charge < -0.3 is 5.32 Å². The van der Waals surface area contributed by atoms with E-state index in [4.69, 9.17) is 0 Å². The normalized spacial score (nSPS) is 12.8. The maximum Gasteiger partial charge on any atom is 0.246 e. The lowest BCUT2D eigenvalue weighted by molar-refractivity contribution is 0.349. The largest absolute Gasteiger partial charge is 0.309 e. The molecule has 0 unspecified atom stereocenters. The molecule has 0 radical (unpaired) electrons. The van der Waals surface area contributed by atoms with Crippen LogP contribution in [-0.2, 0) is 16.6 Å². The summed E-state index contributed by atoms with van der Waals surface area (Å²) in [5.74, 6) is 0. The van der Waals surface area contributed by atoms with Gasteiger partial charge in [-0.1, -0.05) is 27.7 Å². The summed E-state index contributed by atoms with van der Waals surface area (Å²) >= 11 is 0. The number of hydrogen-bond donors (Lipinski definition) is 2. The minimum atomic E-state index is -3.53. The minimum absolute atomic E-state index is 0.00945. The zero-order valence-electron chi connectivity index (χ0n) is 13.9. The SMILES string of the molecule is CCC(CC)N(C)S(=O)(=O)c1c(CNC(C)C)n[nH]c1C. The first-order valence-electron chi connectivity index (χ1n) is 7.50. The number of aromatic nitrogens is 2. The second-order valence-corrected chi connectivity index (χ2v) is 7.59. The van der Waals surface area contributed by atoms with E-state index in [9.17, 15) is 8.42 Å². The van der Waals surface area contributed by atoms with Gasteiger partial charge >= 0.3 is 0 Å². The highest BCUT2D eigenvalue weighted by atomic mass is 32.2. The molecule has 6 nitrogen and oxygen atoms in total. The molecule has 21 heavy (non-hydrogen) atoms. The molecular formula is C14H28N4O2S. The van der Waals surface area contributed by atoms with Gasteiger partial charge in [0.1, 0.15) is 4.90 Å². The predicted octanol–water partition coefficient (Wildman–Crippen LogP) is 2.03. The lowest BCUT2D eigenvalue weighted by atomic mass is 10.2. The van der Waals surface area contributed by atoms with Crippen LogP contribution in [0.25, 0.3) is 0 Å². The molecule has 7 heteroatoms. The topological polar surface area (TPSA) is 78.1 Å². The quantitative estimate of drug-likeness (QED) is 0.769. The van der Waals surface area contributed by atoms with E-state index in [1.54, 1.807) is 14.0 Å². The van der Waals surface area contributed by atoms with Crippen molar-refractivity contribution in [1.82, 2.24) is 19.8 Å². The van der Waals surface area contributed by atoms with Crippen LogP contribution in [0.2, 0.25) is 0 Å². The molecule has 0 saturated heterocycles. The molecule has 0 fully saturated rings. The first-order valence-corrected chi connectivity index (χ1v) is 8.94. The van der Waals surface area contributed by atoms with Gasteiger partial charge in [-0.15, -0.1) is 0 Å². The van der Waals surface area contributed by atoms with Crippen LogP contribution in [0, 0.1) is 6.92 Å².